The molecule has 0 atom stereocenters. The predicted molar refractivity (Wildman–Crippen MR) is 102 cm³/mol. The molecular weight excluding hydrogens is 374 g/mol. The van der Waals surface area contributed by atoms with Crippen molar-refractivity contribution in [2.45, 2.75) is 13.5 Å². The van der Waals surface area contributed by atoms with Crippen LogP contribution < -0.4 is 9.47 Å². The molecule has 0 aliphatic carbocycles. The summed E-state index contributed by atoms with van der Waals surface area (Å²) in [7, 11) is 1.56. The van der Waals surface area contributed by atoms with Crippen molar-refractivity contribution in [3.63, 3.8) is 0 Å². The quantitative estimate of drug-likeness (QED) is 0.638. The first kappa shape index (κ1) is 18.2. The van der Waals surface area contributed by atoms with Crippen LogP contribution in [0.1, 0.15) is 20.9 Å². The molecule has 0 radical (unpaired) electrons. The number of ether oxygens (including phenoxy) is 2. The number of nitrogens with zero attached hydrogens (tertiary/aromatic N) is 1. The van der Waals surface area contributed by atoms with Crippen molar-refractivity contribution in [3.8, 4) is 22.1 Å². The Morgan fingerprint density at radius 1 is 1.23 bits per heavy atom. The van der Waals surface area contributed by atoms with Gasteiger partial charge in [0.2, 0.25) is 0 Å². The summed E-state index contributed by atoms with van der Waals surface area (Å²) in [6.07, 6.45) is 0. The van der Waals surface area contributed by atoms with Gasteiger partial charge in [0.15, 0.2) is 11.5 Å². The van der Waals surface area contributed by atoms with E-state index in [1.165, 1.54) is 0 Å². The normalized spacial score (nSPS) is 10.6. The van der Waals surface area contributed by atoms with Crippen LogP contribution in [0.5, 0.6) is 11.5 Å². The maximum atomic E-state index is 11.2. The second-order valence-electron chi connectivity index (χ2n) is 5.52. The molecule has 3 rings (SSSR count). The van der Waals surface area contributed by atoms with Crippen molar-refractivity contribution in [2.75, 3.05) is 7.11 Å². The number of hydrogen-bond donors (Lipinski definition) is 1. The van der Waals surface area contributed by atoms with Crippen LogP contribution in [-0.2, 0) is 6.61 Å². The third kappa shape index (κ3) is 3.98. The minimum atomic E-state index is -0.973. The monoisotopic (exact) mass is 389 g/mol. The third-order valence-corrected chi connectivity index (χ3v) is 5.11. The standard InChI is InChI=1S/C19H16ClNO4S/c1-11-17(19(22)23)26-18(21-11)13-6-7-15(16(9-13)24-2)25-10-12-4-3-5-14(20)8-12/h3-9H,10H2,1-2H3,(H,22,23). The van der Waals surface area contributed by atoms with E-state index in [9.17, 15) is 9.90 Å². The highest BCUT2D eigenvalue weighted by molar-refractivity contribution is 7.17. The highest BCUT2D eigenvalue weighted by Gasteiger charge is 2.16. The van der Waals surface area contributed by atoms with Crippen molar-refractivity contribution < 1.29 is 19.4 Å². The summed E-state index contributed by atoms with van der Waals surface area (Å²) in [5.74, 6) is 0.164. The average Bonchev–Trinajstić information content (AvgIpc) is 3.02. The molecule has 7 heteroatoms. The third-order valence-electron chi connectivity index (χ3n) is 3.68. The van der Waals surface area contributed by atoms with Crippen molar-refractivity contribution >= 4 is 28.9 Å². The van der Waals surface area contributed by atoms with E-state index in [4.69, 9.17) is 21.1 Å². The Bertz CT molecular complexity index is 954. The van der Waals surface area contributed by atoms with Gasteiger partial charge < -0.3 is 14.6 Å². The summed E-state index contributed by atoms with van der Waals surface area (Å²) in [5, 5.41) is 10.5. The maximum absolute atomic E-state index is 11.2. The molecule has 3 aromatic rings. The zero-order valence-electron chi connectivity index (χ0n) is 14.2. The Kier molecular flexibility index (Phi) is 5.44. The summed E-state index contributed by atoms with van der Waals surface area (Å²) in [4.78, 5) is 15.8. The summed E-state index contributed by atoms with van der Waals surface area (Å²) < 4.78 is 11.2. The van der Waals surface area contributed by atoms with Gasteiger partial charge in [-0.2, -0.15) is 0 Å². The zero-order chi connectivity index (χ0) is 18.7. The number of aromatic nitrogens is 1. The van der Waals surface area contributed by atoms with Crippen LogP contribution >= 0.6 is 22.9 Å². The predicted octanol–water partition coefficient (Wildman–Crippen LogP) is 5.06. The molecule has 0 aliphatic heterocycles. The van der Waals surface area contributed by atoms with Crippen LogP contribution in [0.15, 0.2) is 42.5 Å². The minimum absolute atomic E-state index is 0.236. The Morgan fingerprint density at radius 2 is 2.04 bits per heavy atom. The molecule has 1 aromatic heterocycles. The summed E-state index contributed by atoms with van der Waals surface area (Å²) in [6, 6.07) is 12.9. The topological polar surface area (TPSA) is 68.7 Å². The molecule has 5 nitrogen and oxygen atoms in total. The first-order valence-corrected chi connectivity index (χ1v) is 8.93. The fourth-order valence-electron chi connectivity index (χ4n) is 2.43. The van der Waals surface area contributed by atoms with Gasteiger partial charge in [0.25, 0.3) is 0 Å². The van der Waals surface area contributed by atoms with Gasteiger partial charge in [0, 0.05) is 10.6 Å². The van der Waals surface area contributed by atoms with E-state index in [-0.39, 0.29) is 4.88 Å². The molecule has 0 fully saturated rings. The number of hydrogen-bond acceptors (Lipinski definition) is 5. The largest absolute Gasteiger partial charge is 0.493 e. The molecule has 2 aromatic carbocycles. The lowest BCUT2D eigenvalue weighted by Gasteiger charge is -2.12. The molecule has 0 bridgehead atoms. The Labute approximate surface area is 159 Å². The molecule has 0 unspecified atom stereocenters. The van der Waals surface area contributed by atoms with Crippen molar-refractivity contribution in [3.05, 3.63) is 63.6 Å². The second kappa shape index (κ2) is 7.76. The number of carboxylic acid groups (broad SMARTS) is 1. The molecule has 0 saturated heterocycles. The van der Waals surface area contributed by atoms with Crippen molar-refractivity contribution in [2.24, 2.45) is 0 Å². The highest BCUT2D eigenvalue weighted by atomic mass is 35.5. The number of methoxy groups -OCH3 is 1. The highest BCUT2D eigenvalue weighted by Crippen LogP contribution is 2.35. The van der Waals surface area contributed by atoms with Gasteiger partial charge in [-0.15, -0.1) is 11.3 Å². The number of halogens is 1. The second-order valence-corrected chi connectivity index (χ2v) is 6.96. The molecule has 0 aliphatic rings. The molecule has 1 heterocycles. The number of benzene rings is 2. The maximum Gasteiger partial charge on any atom is 0.347 e. The van der Waals surface area contributed by atoms with Crippen LogP contribution in [0, 0.1) is 6.92 Å². The summed E-state index contributed by atoms with van der Waals surface area (Å²) in [6.45, 7) is 2.04. The van der Waals surface area contributed by atoms with Crippen LogP contribution in [-0.4, -0.2) is 23.2 Å². The Hall–Kier alpha value is -2.57. The zero-order valence-corrected chi connectivity index (χ0v) is 15.7. The van der Waals surface area contributed by atoms with Gasteiger partial charge in [0.05, 0.1) is 12.8 Å². The van der Waals surface area contributed by atoms with E-state index < -0.39 is 5.97 Å². The van der Waals surface area contributed by atoms with E-state index in [1.807, 2.05) is 30.3 Å². The average molecular weight is 390 g/mol. The Balaban J connectivity index is 1.83. The lowest BCUT2D eigenvalue weighted by Crippen LogP contribution is -1.98. The van der Waals surface area contributed by atoms with Gasteiger partial charge in [-0.1, -0.05) is 23.7 Å². The number of carbonyl (C=O) groups is 1. The molecule has 0 saturated carbocycles. The van der Waals surface area contributed by atoms with Crippen molar-refractivity contribution in [1.29, 1.82) is 0 Å². The number of carboxylic acids is 1. The van der Waals surface area contributed by atoms with E-state index in [0.29, 0.717) is 33.8 Å². The Morgan fingerprint density at radius 3 is 2.69 bits per heavy atom. The van der Waals surface area contributed by atoms with Gasteiger partial charge >= 0.3 is 5.97 Å². The first-order chi connectivity index (χ1) is 12.5. The van der Waals surface area contributed by atoms with Gasteiger partial charge in [-0.25, -0.2) is 9.78 Å². The molecule has 26 heavy (non-hydrogen) atoms. The fraction of sp³-hybridized carbons (Fsp3) is 0.158. The van der Waals surface area contributed by atoms with E-state index >= 15 is 0 Å². The van der Waals surface area contributed by atoms with E-state index in [0.717, 1.165) is 22.5 Å². The molecular formula is C19H16ClNO4S. The number of rotatable bonds is 6. The van der Waals surface area contributed by atoms with Gasteiger partial charge in [-0.05, 0) is 42.8 Å². The lowest BCUT2D eigenvalue weighted by molar-refractivity contribution is 0.0701. The number of aromatic carboxylic acids is 1. The molecule has 1 N–H and O–H groups in total. The van der Waals surface area contributed by atoms with Crippen LogP contribution in [0.4, 0.5) is 0 Å². The van der Waals surface area contributed by atoms with Crippen LogP contribution in [0.25, 0.3) is 10.6 Å². The van der Waals surface area contributed by atoms with E-state index in [1.54, 1.807) is 26.2 Å². The van der Waals surface area contributed by atoms with Crippen LogP contribution in [0.2, 0.25) is 5.02 Å². The number of thiazole rings is 1. The smallest absolute Gasteiger partial charge is 0.347 e. The fourth-order valence-corrected chi connectivity index (χ4v) is 3.54. The summed E-state index contributed by atoms with van der Waals surface area (Å²) >= 11 is 7.12. The SMILES string of the molecule is COc1cc(-c2nc(C)c(C(=O)O)s2)ccc1OCc1cccc(Cl)c1. The minimum Gasteiger partial charge on any atom is -0.493 e. The molecule has 0 spiro atoms. The van der Waals surface area contributed by atoms with Crippen molar-refractivity contribution in [1.82, 2.24) is 4.98 Å². The molecule has 134 valence electrons. The van der Waals surface area contributed by atoms with E-state index in [2.05, 4.69) is 4.98 Å². The summed E-state index contributed by atoms with van der Waals surface area (Å²) in [5.41, 5.74) is 2.22. The first-order valence-electron chi connectivity index (χ1n) is 7.74. The van der Waals surface area contributed by atoms with Gasteiger partial charge in [0.1, 0.15) is 16.5 Å². The lowest BCUT2D eigenvalue weighted by atomic mass is 10.2. The number of aryl methyl sites for hydroxylation is 1. The molecule has 0 amide bonds. The van der Waals surface area contributed by atoms with Gasteiger partial charge in [-0.3, -0.25) is 0 Å². The van der Waals surface area contributed by atoms with Crippen LogP contribution in [0.3, 0.4) is 0 Å².